The molecular formula is C27H18Br4N2O. The lowest BCUT2D eigenvalue weighted by Gasteiger charge is -2.04. The van der Waals surface area contributed by atoms with Crippen molar-refractivity contribution in [2.45, 2.75) is 12.6 Å². The van der Waals surface area contributed by atoms with Crippen molar-refractivity contribution in [3.8, 4) is 0 Å². The Labute approximate surface area is 230 Å². The van der Waals surface area contributed by atoms with Crippen LogP contribution in [-0.2, 0) is 11.3 Å². The number of halogens is 4. The molecule has 4 aromatic carbocycles. The van der Waals surface area contributed by atoms with Gasteiger partial charge in [-0.2, -0.15) is 0 Å². The molecule has 1 atom stereocenters. The van der Waals surface area contributed by atoms with Crippen molar-refractivity contribution in [1.82, 2.24) is 9.55 Å². The van der Waals surface area contributed by atoms with Crippen LogP contribution in [0.3, 0.4) is 0 Å². The number of aromatic nitrogens is 2. The Morgan fingerprint density at radius 1 is 0.647 bits per heavy atom. The van der Waals surface area contributed by atoms with Crippen LogP contribution in [0.1, 0.15) is 0 Å². The van der Waals surface area contributed by atoms with E-state index in [1.54, 1.807) is 0 Å². The topological polar surface area (TPSA) is 33.2 Å². The molecule has 0 aliphatic carbocycles. The van der Waals surface area contributed by atoms with Crippen molar-refractivity contribution in [1.29, 1.82) is 0 Å². The molecule has 1 unspecified atom stereocenters. The first-order valence-corrected chi connectivity index (χ1v) is 14.0. The highest BCUT2D eigenvalue weighted by molar-refractivity contribution is 9.11. The molecule has 6 aromatic rings. The molecule has 3 nitrogen and oxygen atoms in total. The number of hydrogen-bond acceptors (Lipinski definition) is 1. The zero-order valence-electron chi connectivity index (χ0n) is 17.8. The van der Waals surface area contributed by atoms with Crippen LogP contribution in [-0.4, -0.2) is 22.3 Å². The van der Waals surface area contributed by atoms with Gasteiger partial charge in [0, 0.05) is 61.5 Å². The van der Waals surface area contributed by atoms with E-state index < -0.39 is 0 Å². The first-order chi connectivity index (χ1) is 16.5. The average molecular weight is 706 g/mol. The lowest BCUT2D eigenvalue weighted by Crippen LogP contribution is -2.03. The van der Waals surface area contributed by atoms with E-state index in [0.29, 0.717) is 6.10 Å². The van der Waals surface area contributed by atoms with E-state index in [1.165, 1.54) is 43.6 Å². The molecule has 1 aliphatic rings. The van der Waals surface area contributed by atoms with Gasteiger partial charge in [-0.05, 0) is 72.8 Å². The molecule has 1 saturated heterocycles. The fourth-order valence-corrected chi connectivity index (χ4v) is 5.91. The predicted octanol–water partition coefficient (Wildman–Crippen LogP) is 9.56. The Balaban J connectivity index is 0.000000132. The molecule has 0 radical (unpaired) electrons. The number of benzene rings is 4. The Morgan fingerprint density at radius 2 is 1.06 bits per heavy atom. The Bertz CT molecular complexity index is 1580. The van der Waals surface area contributed by atoms with Crippen molar-refractivity contribution in [3.05, 3.63) is 90.7 Å². The molecular weight excluding hydrogens is 688 g/mol. The third-order valence-corrected chi connectivity index (χ3v) is 8.07. The molecule has 0 bridgehead atoms. The smallest absolute Gasteiger partial charge is 0.0988 e. The van der Waals surface area contributed by atoms with Gasteiger partial charge in [-0.15, -0.1) is 0 Å². The van der Waals surface area contributed by atoms with E-state index in [2.05, 4.69) is 134 Å². The lowest BCUT2D eigenvalue weighted by atomic mass is 10.2. The zero-order valence-corrected chi connectivity index (χ0v) is 24.1. The summed E-state index contributed by atoms with van der Waals surface area (Å²) in [6, 6.07) is 25.5. The molecule has 0 spiro atoms. The number of hydrogen-bond donors (Lipinski definition) is 1. The van der Waals surface area contributed by atoms with Crippen LogP contribution in [0.15, 0.2) is 90.7 Å². The molecule has 170 valence electrons. The SMILES string of the molecule is Brc1ccc2[nH]c3ccc(Br)cc3c2c1.Brc1ccc2c(c1)c1cc(Br)ccc1n2CC1CO1. The van der Waals surface area contributed by atoms with Crippen molar-refractivity contribution < 1.29 is 4.74 Å². The highest BCUT2D eigenvalue weighted by Gasteiger charge is 2.24. The van der Waals surface area contributed by atoms with Gasteiger partial charge in [-0.1, -0.05) is 63.7 Å². The van der Waals surface area contributed by atoms with Crippen LogP contribution in [0, 0.1) is 0 Å². The Hall–Kier alpha value is -1.64. The van der Waals surface area contributed by atoms with Crippen molar-refractivity contribution in [3.63, 3.8) is 0 Å². The van der Waals surface area contributed by atoms with Gasteiger partial charge in [0.2, 0.25) is 0 Å². The van der Waals surface area contributed by atoms with Gasteiger partial charge in [-0.3, -0.25) is 0 Å². The summed E-state index contributed by atoms with van der Waals surface area (Å²) in [7, 11) is 0. The third-order valence-electron chi connectivity index (χ3n) is 6.10. The molecule has 0 amide bonds. The summed E-state index contributed by atoms with van der Waals surface area (Å²) in [5.74, 6) is 0. The van der Waals surface area contributed by atoms with Crippen molar-refractivity contribution in [2.24, 2.45) is 0 Å². The molecule has 2 aromatic heterocycles. The van der Waals surface area contributed by atoms with E-state index in [1.807, 2.05) is 12.1 Å². The maximum Gasteiger partial charge on any atom is 0.0988 e. The molecule has 3 heterocycles. The third kappa shape index (κ3) is 4.37. The summed E-state index contributed by atoms with van der Waals surface area (Å²) in [5, 5.41) is 5.07. The van der Waals surface area contributed by atoms with Gasteiger partial charge < -0.3 is 14.3 Å². The van der Waals surface area contributed by atoms with Crippen LogP contribution >= 0.6 is 63.7 Å². The van der Waals surface area contributed by atoms with Gasteiger partial charge in [0.25, 0.3) is 0 Å². The second-order valence-electron chi connectivity index (χ2n) is 8.39. The number of ether oxygens (including phenoxy) is 1. The highest BCUT2D eigenvalue weighted by atomic mass is 79.9. The largest absolute Gasteiger partial charge is 0.371 e. The minimum absolute atomic E-state index is 0.381. The van der Waals surface area contributed by atoms with Crippen molar-refractivity contribution >= 4 is 107 Å². The number of aromatic amines is 1. The van der Waals surface area contributed by atoms with E-state index >= 15 is 0 Å². The molecule has 1 aliphatic heterocycles. The van der Waals surface area contributed by atoms with Crippen LogP contribution in [0.2, 0.25) is 0 Å². The second kappa shape index (κ2) is 9.10. The van der Waals surface area contributed by atoms with Crippen LogP contribution in [0.5, 0.6) is 0 Å². The number of epoxide rings is 1. The minimum Gasteiger partial charge on any atom is -0.371 e. The number of rotatable bonds is 2. The maximum absolute atomic E-state index is 5.39. The average Bonchev–Trinajstić information content (AvgIpc) is 3.51. The second-order valence-corrected chi connectivity index (χ2v) is 12.1. The van der Waals surface area contributed by atoms with Gasteiger partial charge in [0.05, 0.1) is 19.3 Å². The molecule has 1 fully saturated rings. The maximum atomic E-state index is 5.39. The number of nitrogens with zero attached hydrogens (tertiary/aromatic N) is 1. The van der Waals surface area contributed by atoms with E-state index in [4.69, 9.17) is 4.74 Å². The standard InChI is InChI=1S/C15H11Br2NO.C12H7Br2N/c16-9-1-3-14-12(5-9)13-6-10(17)2-4-15(13)18(14)7-11-8-19-11;13-7-1-3-11-9(5-7)10-6-8(14)2-4-12(10)15-11/h1-6,11H,7-8H2;1-6,15H. The normalized spacial score (nSPS) is 15.2. The monoisotopic (exact) mass is 702 g/mol. The van der Waals surface area contributed by atoms with Crippen molar-refractivity contribution in [2.75, 3.05) is 6.61 Å². The molecule has 0 saturated carbocycles. The minimum atomic E-state index is 0.381. The van der Waals surface area contributed by atoms with Crippen LogP contribution < -0.4 is 0 Å². The van der Waals surface area contributed by atoms with E-state index in [0.717, 1.165) is 31.0 Å². The first-order valence-electron chi connectivity index (χ1n) is 10.8. The predicted molar refractivity (Wildman–Crippen MR) is 156 cm³/mol. The van der Waals surface area contributed by atoms with E-state index in [9.17, 15) is 0 Å². The summed E-state index contributed by atoms with van der Waals surface area (Å²) < 4.78 is 12.2. The molecule has 7 rings (SSSR count). The summed E-state index contributed by atoms with van der Waals surface area (Å²) in [5.41, 5.74) is 4.89. The highest BCUT2D eigenvalue weighted by Crippen LogP contribution is 2.34. The summed E-state index contributed by atoms with van der Waals surface area (Å²) in [6.07, 6.45) is 0.381. The van der Waals surface area contributed by atoms with Gasteiger partial charge >= 0.3 is 0 Å². The summed E-state index contributed by atoms with van der Waals surface area (Å²) in [4.78, 5) is 3.39. The first kappa shape index (κ1) is 22.8. The summed E-state index contributed by atoms with van der Waals surface area (Å²) in [6.45, 7) is 1.82. The zero-order chi connectivity index (χ0) is 23.4. The van der Waals surface area contributed by atoms with Gasteiger partial charge in [-0.25, -0.2) is 0 Å². The van der Waals surface area contributed by atoms with Gasteiger partial charge in [0.1, 0.15) is 0 Å². The number of H-pyrrole nitrogens is 1. The molecule has 7 heteroatoms. The molecule has 34 heavy (non-hydrogen) atoms. The van der Waals surface area contributed by atoms with Gasteiger partial charge in [0.15, 0.2) is 0 Å². The van der Waals surface area contributed by atoms with E-state index in [-0.39, 0.29) is 0 Å². The number of nitrogens with one attached hydrogen (secondary N) is 1. The fraction of sp³-hybridized carbons (Fsp3) is 0.111. The fourth-order valence-electron chi connectivity index (χ4n) is 4.46. The Morgan fingerprint density at radius 3 is 1.50 bits per heavy atom. The molecule has 1 N–H and O–H groups in total. The lowest BCUT2D eigenvalue weighted by molar-refractivity contribution is 0.387. The van der Waals surface area contributed by atoms with Crippen LogP contribution in [0.25, 0.3) is 43.6 Å². The van der Waals surface area contributed by atoms with Crippen LogP contribution in [0.4, 0.5) is 0 Å². The summed E-state index contributed by atoms with van der Waals surface area (Å²) >= 11 is 14.1. The Kier molecular flexibility index (Phi) is 6.10. The quantitative estimate of drug-likeness (QED) is 0.179. The number of fused-ring (bicyclic) bond motifs is 6.